The molecule has 0 aliphatic carbocycles. The Morgan fingerprint density at radius 2 is 1.81 bits per heavy atom. The van der Waals surface area contributed by atoms with E-state index in [4.69, 9.17) is 0 Å². The SMILES string of the molecule is CCC1CN(C(C)C(=O)N2CCCCCC2)C(CC)CN1. The number of amides is 1. The monoisotopic (exact) mass is 295 g/mol. The van der Waals surface area contributed by atoms with Gasteiger partial charge in [0.25, 0.3) is 0 Å². The molecule has 4 nitrogen and oxygen atoms in total. The second kappa shape index (κ2) is 8.14. The zero-order valence-electron chi connectivity index (χ0n) is 14.1. The van der Waals surface area contributed by atoms with Gasteiger partial charge in [-0.05, 0) is 32.6 Å². The standard InChI is InChI=1S/C17H33N3O/c1-4-15-13-20(16(5-2)12-18-15)14(3)17(21)19-10-8-6-7-9-11-19/h14-16,18H,4-13H2,1-3H3. The Labute approximate surface area is 130 Å². The number of nitrogens with zero attached hydrogens (tertiary/aromatic N) is 2. The highest BCUT2D eigenvalue weighted by Gasteiger charge is 2.34. The Balaban J connectivity index is 2.00. The number of hydrogen-bond donors (Lipinski definition) is 1. The average Bonchev–Trinajstić information content (AvgIpc) is 2.82. The van der Waals surface area contributed by atoms with Gasteiger partial charge in [-0.2, -0.15) is 0 Å². The summed E-state index contributed by atoms with van der Waals surface area (Å²) in [5.74, 6) is 0.354. The first-order valence-electron chi connectivity index (χ1n) is 8.95. The minimum atomic E-state index is 0.0317. The average molecular weight is 295 g/mol. The number of hydrogen-bond acceptors (Lipinski definition) is 3. The van der Waals surface area contributed by atoms with Gasteiger partial charge in [0, 0.05) is 38.3 Å². The summed E-state index contributed by atoms with van der Waals surface area (Å²) in [4.78, 5) is 17.4. The highest BCUT2D eigenvalue weighted by atomic mass is 16.2. The minimum Gasteiger partial charge on any atom is -0.341 e. The molecule has 2 heterocycles. The van der Waals surface area contributed by atoms with Crippen LogP contribution in [0.5, 0.6) is 0 Å². The van der Waals surface area contributed by atoms with Crippen LogP contribution in [0.3, 0.4) is 0 Å². The van der Waals surface area contributed by atoms with Crippen LogP contribution in [-0.4, -0.2) is 60.0 Å². The second-order valence-electron chi connectivity index (χ2n) is 6.69. The van der Waals surface area contributed by atoms with Crippen LogP contribution >= 0.6 is 0 Å². The van der Waals surface area contributed by atoms with Gasteiger partial charge in [-0.3, -0.25) is 9.69 Å². The molecular formula is C17H33N3O. The minimum absolute atomic E-state index is 0.0317. The Hall–Kier alpha value is -0.610. The molecule has 21 heavy (non-hydrogen) atoms. The molecule has 0 bridgehead atoms. The van der Waals surface area contributed by atoms with Gasteiger partial charge >= 0.3 is 0 Å². The zero-order valence-corrected chi connectivity index (χ0v) is 14.1. The molecule has 2 aliphatic heterocycles. The summed E-state index contributed by atoms with van der Waals surface area (Å²) < 4.78 is 0. The zero-order chi connectivity index (χ0) is 15.2. The number of carbonyl (C=O) groups excluding carboxylic acids is 1. The highest BCUT2D eigenvalue weighted by Crippen LogP contribution is 2.19. The molecule has 2 aliphatic rings. The van der Waals surface area contributed by atoms with Crippen molar-refractivity contribution in [3.05, 3.63) is 0 Å². The van der Waals surface area contributed by atoms with Gasteiger partial charge in [0.2, 0.25) is 5.91 Å². The summed E-state index contributed by atoms with van der Waals surface area (Å²) >= 11 is 0. The molecule has 122 valence electrons. The summed E-state index contributed by atoms with van der Waals surface area (Å²) in [6.45, 7) is 10.5. The Morgan fingerprint density at radius 1 is 1.14 bits per heavy atom. The molecule has 2 saturated heterocycles. The van der Waals surface area contributed by atoms with E-state index in [0.29, 0.717) is 18.0 Å². The smallest absolute Gasteiger partial charge is 0.239 e. The topological polar surface area (TPSA) is 35.6 Å². The number of piperazine rings is 1. The van der Waals surface area contributed by atoms with Crippen LogP contribution in [0.15, 0.2) is 0 Å². The fraction of sp³-hybridized carbons (Fsp3) is 0.941. The Bertz CT molecular complexity index is 326. The first-order valence-corrected chi connectivity index (χ1v) is 8.95. The fourth-order valence-electron chi connectivity index (χ4n) is 3.71. The lowest BCUT2D eigenvalue weighted by atomic mass is 10.0. The predicted molar refractivity (Wildman–Crippen MR) is 87.4 cm³/mol. The summed E-state index contributed by atoms with van der Waals surface area (Å²) in [7, 11) is 0. The Kier molecular flexibility index (Phi) is 6.49. The molecule has 0 aromatic rings. The van der Waals surface area contributed by atoms with Crippen LogP contribution in [0.4, 0.5) is 0 Å². The van der Waals surface area contributed by atoms with Crippen LogP contribution in [0.1, 0.15) is 59.3 Å². The molecule has 1 N–H and O–H groups in total. The van der Waals surface area contributed by atoms with Crippen LogP contribution in [0, 0.1) is 0 Å². The van der Waals surface area contributed by atoms with E-state index < -0.39 is 0 Å². The van der Waals surface area contributed by atoms with Crippen molar-refractivity contribution in [2.75, 3.05) is 26.2 Å². The maximum absolute atomic E-state index is 12.9. The quantitative estimate of drug-likeness (QED) is 0.864. The molecule has 3 atom stereocenters. The van der Waals surface area contributed by atoms with E-state index in [1.54, 1.807) is 0 Å². The van der Waals surface area contributed by atoms with E-state index in [9.17, 15) is 4.79 Å². The molecule has 0 aromatic heterocycles. The van der Waals surface area contributed by atoms with Crippen LogP contribution < -0.4 is 5.32 Å². The third-order valence-electron chi connectivity index (χ3n) is 5.28. The first kappa shape index (κ1) is 16.8. The predicted octanol–water partition coefficient (Wildman–Crippen LogP) is 2.24. The Morgan fingerprint density at radius 3 is 2.38 bits per heavy atom. The molecule has 4 heteroatoms. The van der Waals surface area contributed by atoms with Crippen molar-refractivity contribution in [2.45, 2.75) is 77.4 Å². The van der Waals surface area contributed by atoms with Crippen molar-refractivity contribution in [1.29, 1.82) is 0 Å². The van der Waals surface area contributed by atoms with E-state index in [1.807, 2.05) is 0 Å². The number of rotatable bonds is 4. The molecule has 2 rings (SSSR count). The van der Waals surface area contributed by atoms with Gasteiger partial charge in [0.15, 0.2) is 0 Å². The van der Waals surface area contributed by atoms with Gasteiger partial charge in [0.1, 0.15) is 0 Å². The number of likely N-dealkylation sites (tertiary alicyclic amines) is 1. The molecule has 0 saturated carbocycles. The molecule has 0 radical (unpaired) electrons. The van der Waals surface area contributed by atoms with Gasteiger partial charge in [-0.1, -0.05) is 26.7 Å². The molecule has 2 fully saturated rings. The van der Waals surface area contributed by atoms with Crippen molar-refractivity contribution in [2.24, 2.45) is 0 Å². The maximum atomic E-state index is 12.9. The van der Waals surface area contributed by atoms with E-state index in [0.717, 1.165) is 39.0 Å². The largest absolute Gasteiger partial charge is 0.341 e. The van der Waals surface area contributed by atoms with Crippen molar-refractivity contribution < 1.29 is 4.79 Å². The van der Waals surface area contributed by atoms with Crippen molar-refractivity contribution in [3.63, 3.8) is 0 Å². The number of carbonyl (C=O) groups is 1. The summed E-state index contributed by atoms with van der Waals surface area (Å²) in [6.07, 6.45) is 7.16. The third-order valence-corrected chi connectivity index (χ3v) is 5.28. The third kappa shape index (κ3) is 4.19. The lowest BCUT2D eigenvalue weighted by Crippen LogP contribution is -2.61. The highest BCUT2D eigenvalue weighted by molar-refractivity contribution is 5.81. The van der Waals surface area contributed by atoms with Crippen LogP contribution in [0.25, 0.3) is 0 Å². The second-order valence-corrected chi connectivity index (χ2v) is 6.69. The van der Waals surface area contributed by atoms with E-state index >= 15 is 0 Å². The summed E-state index contributed by atoms with van der Waals surface area (Å²) in [6, 6.07) is 1.06. The maximum Gasteiger partial charge on any atom is 0.239 e. The fourth-order valence-corrected chi connectivity index (χ4v) is 3.71. The van der Waals surface area contributed by atoms with Gasteiger partial charge in [-0.15, -0.1) is 0 Å². The van der Waals surface area contributed by atoms with Crippen LogP contribution in [0.2, 0.25) is 0 Å². The molecule has 3 unspecified atom stereocenters. The van der Waals surface area contributed by atoms with E-state index in [2.05, 4.69) is 35.9 Å². The van der Waals surface area contributed by atoms with Gasteiger partial charge in [0.05, 0.1) is 6.04 Å². The van der Waals surface area contributed by atoms with Crippen molar-refractivity contribution >= 4 is 5.91 Å². The molecule has 0 spiro atoms. The number of nitrogens with one attached hydrogen (secondary N) is 1. The summed E-state index contributed by atoms with van der Waals surface area (Å²) in [5, 5.41) is 3.62. The van der Waals surface area contributed by atoms with E-state index in [1.165, 1.54) is 25.7 Å². The van der Waals surface area contributed by atoms with Crippen molar-refractivity contribution in [1.82, 2.24) is 15.1 Å². The molecule has 0 aromatic carbocycles. The molecule has 1 amide bonds. The first-order chi connectivity index (χ1) is 10.2. The van der Waals surface area contributed by atoms with Crippen molar-refractivity contribution in [3.8, 4) is 0 Å². The normalized spacial score (nSPS) is 30.0. The van der Waals surface area contributed by atoms with Gasteiger partial charge in [-0.25, -0.2) is 0 Å². The van der Waals surface area contributed by atoms with Crippen LogP contribution in [-0.2, 0) is 4.79 Å². The lowest BCUT2D eigenvalue weighted by Gasteiger charge is -2.43. The summed E-state index contributed by atoms with van der Waals surface area (Å²) in [5.41, 5.74) is 0. The molecular weight excluding hydrogens is 262 g/mol. The lowest BCUT2D eigenvalue weighted by molar-refractivity contribution is -0.138. The van der Waals surface area contributed by atoms with Gasteiger partial charge < -0.3 is 10.2 Å². The van der Waals surface area contributed by atoms with E-state index in [-0.39, 0.29) is 6.04 Å².